The van der Waals surface area contributed by atoms with Gasteiger partial charge in [-0.2, -0.15) is 0 Å². The van der Waals surface area contributed by atoms with E-state index in [0.717, 1.165) is 22.5 Å². The molecule has 5 rings (SSSR count). The molecule has 51 heavy (non-hydrogen) atoms. The zero-order chi connectivity index (χ0) is 35.8. The average Bonchev–Trinajstić information content (AvgIpc) is 3.13. The van der Waals surface area contributed by atoms with Crippen molar-refractivity contribution in [1.82, 2.24) is 24.3 Å². The number of hydrogen-bond acceptors (Lipinski definition) is 10. The minimum Gasteiger partial charge on any atom is -0.378 e. The summed E-state index contributed by atoms with van der Waals surface area (Å²) in [5, 5.41) is 3.70. The molecule has 0 radical (unpaired) electrons. The summed E-state index contributed by atoms with van der Waals surface area (Å²) < 4.78 is 25.6. The van der Waals surface area contributed by atoms with Crippen LogP contribution in [0.1, 0.15) is 36.0 Å². The third-order valence-corrected chi connectivity index (χ3v) is 9.10. The molecule has 4 aromatic rings. The molecule has 0 aliphatic carbocycles. The van der Waals surface area contributed by atoms with Crippen LogP contribution in [-0.4, -0.2) is 115 Å². The number of ether oxygens (including phenoxy) is 4. The zero-order valence-corrected chi connectivity index (χ0v) is 30.2. The van der Waals surface area contributed by atoms with Crippen LogP contribution in [0.2, 0.25) is 0 Å². The molecule has 1 unspecified atom stereocenters. The van der Waals surface area contributed by atoms with Crippen molar-refractivity contribution in [3.05, 3.63) is 99.9 Å². The Hall–Kier alpha value is -4.04. The van der Waals surface area contributed by atoms with E-state index in [1.54, 1.807) is 10.8 Å². The molecular formula is C39H52N6O6. The first-order valence-corrected chi connectivity index (χ1v) is 18.0. The Kier molecular flexibility index (Phi) is 15.1. The molecule has 2 aromatic heterocycles. The summed E-state index contributed by atoms with van der Waals surface area (Å²) in [5.41, 5.74) is 4.24. The van der Waals surface area contributed by atoms with Crippen LogP contribution in [0.3, 0.4) is 0 Å². The van der Waals surface area contributed by atoms with Crippen LogP contribution in [0.25, 0.3) is 10.9 Å². The summed E-state index contributed by atoms with van der Waals surface area (Å²) in [6, 6.07) is 18.9. The first-order valence-electron chi connectivity index (χ1n) is 18.0. The number of carbonyl (C=O) groups is 1. The van der Waals surface area contributed by atoms with E-state index in [-0.39, 0.29) is 17.5 Å². The highest BCUT2D eigenvalue weighted by Crippen LogP contribution is 2.17. The summed E-state index contributed by atoms with van der Waals surface area (Å²) >= 11 is 0. The van der Waals surface area contributed by atoms with Gasteiger partial charge in [0.1, 0.15) is 5.82 Å². The van der Waals surface area contributed by atoms with Crippen molar-refractivity contribution in [3.8, 4) is 0 Å². The molecule has 12 nitrogen and oxygen atoms in total. The SMILES string of the molecule is CCC(C(=O)Nc1ccccc1C)N1CCOCCOCCN(Cc2nc3c(C)cccc3c(=O)n2Cc2ccccn2)CCOCCOCC1. The summed E-state index contributed by atoms with van der Waals surface area (Å²) in [5.74, 6) is 0.636. The van der Waals surface area contributed by atoms with E-state index in [4.69, 9.17) is 23.9 Å². The number of benzene rings is 2. The number of anilines is 1. The minimum atomic E-state index is -0.317. The smallest absolute Gasteiger partial charge is 0.261 e. The highest BCUT2D eigenvalue weighted by atomic mass is 16.5. The second kappa shape index (κ2) is 20.1. The number of pyridine rings is 1. The van der Waals surface area contributed by atoms with Gasteiger partial charge < -0.3 is 24.3 Å². The Bertz CT molecular complexity index is 1710. The maximum Gasteiger partial charge on any atom is 0.261 e. The van der Waals surface area contributed by atoms with Crippen molar-refractivity contribution in [2.24, 2.45) is 0 Å². The van der Waals surface area contributed by atoms with E-state index in [1.807, 2.05) is 81.4 Å². The standard InChI is InChI=1S/C39H52N6O6/c1-4-35(38(46)41-34-14-6-5-10-30(34)2)44-18-22-50-26-24-48-20-16-43(17-21-49-25-27-51-23-19-44)29-36-42-37-31(3)11-9-13-33(37)39(47)45(36)28-32-12-7-8-15-40-32/h5-15,35H,4,16-29H2,1-3H3,(H,41,46). The molecule has 0 spiro atoms. The molecule has 3 heterocycles. The number of rotatable bonds is 8. The monoisotopic (exact) mass is 700 g/mol. The van der Waals surface area contributed by atoms with Crippen LogP contribution in [-0.2, 0) is 36.8 Å². The lowest BCUT2D eigenvalue weighted by Crippen LogP contribution is -2.46. The zero-order valence-electron chi connectivity index (χ0n) is 30.2. The van der Waals surface area contributed by atoms with Gasteiger partial charge in [-0.3, -0.25) is 28.9 Å². The van der Waals surface area contributed by atoms with Crippen molar-refractivity contribution in [3.63, 3.8) is 0 Å². The second-order valence-corrected chi connectivity index (χ2v) is 12.7. The molecule has 12 heteroatoms. The highest BCUT2D eigenvalue weighted by molar-refractivity contribution is 5.95. The number of nitrogens with one attached hydrogen (secondary N) is 1. The Morgan fingerprint density at radius 3 is 2.02 bits per heavy atom. The highest BCUT2D eigenvalue weighted by Gasteiger charge is 2.25. The molecule has 1 N–H and O–H groups in total. The Balaban J connectivity index is 1.21. The van der Waals surface area contributed by atoms with E-state index in [1.165, 1.54) is 0 Å². The normalized spacial score (nSPS) is 17.4. The lowest BCUT2D eigenvalue weighted by molar-refractivity contribution is -0.122. The molecule has 1 atom stereocenters. The molecule has 0 saturated carbocycles. The van der Waals surface area contributed by atoms with E-state index >= 15 is 0 Å². The van der Waals surface area contributed by atoms with Gasteiger partial charge in [0.25, 0.3) is 5.56 Å². The molecule has 274 valence electrons. The van der Waals surface area contributed by atoms with Gasteiger partial charge in [0.2, 0.25) is 5.91 Å². The summed E-state index contributed by atoms with van der Waals surface area (Å²) in [6.45, 7) is 12.8. The minimum absolute atomic E-state index is 0.0343. The van der Waals surface area contributed by atoms with Gasteiger partial charge in [-0.15, -0.1) is 0 Å². The Morgan fingerprint density at radius 1 is 0.765 bits per heavy atom. The number of aromatic nitrogens is 3. The van der Waals surface area contributed by atoms with Crippen molar-refractivity contribution in [2.45, 2.75) is 46.3 Å². The van der Waals surface area contributed by atoms with E-state index in [9.17, 15) is 9.59 Å². The van der Waals surface area contributed by atoms with Gasteiger partial charge in [-0.05, 0) is 55.7 Å². The molecule has 1 fully saturated rings. The van der Waals surface area contributed by atoms with Gasteiger partial charge in [0.15, 0.2) is 0 Å². The second-order valence-electron chi connectivity index (χ2n) is 12.7. The van der Waals surface area contributed by atoms with Gasteiger partial charge in [0.05, 0.1) is 88.6 Å². The fraction of sp³-hybridized carbons (Fsp3) is 0.487. The fourth-order valence-corrected chi connectivity index (χ4v) is 6.20. The number of hydrogen-bond donors (Lipinski definition) is 1. The van der Waals surface area contributed by atoms with Crippen molar-refractivity contribution < 1.29 is 23.7 Å². The van der Waals surface area contributed by atoms with Crippen molar-refractivity contribution in [2.75, 3.05) is 84.4 Å². The van der Waals surface area contributed by atoms with Crippen LogP contribution in [0, 0.1) is 13.8 Å². The number of aryl methyl sites for hydroxylation is 2. The Morgan fingerprint density at radius 2 is 1.39 bits per heavy atom. The van der Waals surface area contributed by atoms with Gasteiger partial charge in [-0.1, -0.05) is 43.3 Å². The van der Waals surface area contributed by atoms with Crippen LogP contribution < -0.4 is 10.9 Å². The maximum absolute atomic E-state index is 13.8. The molecule has 2 aromatic carbocycles. The van der Waals surface area contributed by atoms with E-state index in [0.29, 0.717) is 115 Å². The number of fused-ring (bicyclic) bond motifs is 1. The van der Waals surface area contributed by atoms with Gasteiger partial charge >= 0.3 is 0 Å². The largest absolute Gasteiger partial charge is 0.378 e. The molecule has 1 saturated heterocycles. The number of para-hydroxylation sites is 2. The fourth-order valence-electron chi connectivity index (χ4n) is 6.20. The van der Waals surface area contributed by atoms with Gasteiger partial charge in [-0.25, -0.2) is 4.98 Å². The van der Waals surface area contributed by atoms with E-state index < -0.39 is 0 Å². The van der Waals surface area contributed by atoms with Gasteiger partial charge in [0, 0.05) is 38.1 Å². The van der Waals surface area contributed by atoms with Crippen LogP contribution in [0.5, 0.6) is 0 Å². The Labute approximate surface area is 300 Å². The number of nitrogens with zero attached hydrogens (tertiary/aromatic N) is 5. The molecule has 1 aliphatic heterocycles. The lowest BCUT2D eigenvalue weighted by Gasteiger charge is -2.30. The molecule has 0 bridgehead atoms. The first kappa shape index (κ1) is 38.2. The first-order chi connectivity index (χ1) is 24.9. The van der Waals surface area contributed by atoms with E-state index in [2.05, 4.69) is 20.1 Å². The summed E-state index contributed by atoms with van der Waals surface area (Å²) in [4.78, 5) is 41.0. The van der Waals surface area contributed by atoms with Crippen molar-refractivity contribution in [1.29, 1.82) is 0 Å². The number of amides is 1. The predicted molar refractivity (Wildman–Crippen MR) is 198 cm³/mol. The third-order valence-electron chi connectivity index (χ3n) is 9.10. The predicted octanol–water partition coefficient (Wildman–Crippen LogP) is 4.06. The maximum atomic E-state index is 13.8. The molecular weight excluding hydrogens is 648 g/mol. The average molecular weight is 701 g/mol. The summed E-state index contributed by atoms with van der Waals surface area (Å²) in [6.07, 6.45) is 2.40. The molecule has 1 amide bonds. The summed E-state index contributed by atoms with van der Waals surface area (Å²) in [7, 11) is 0. The number of carbonyl (C=O) groups excluding carboxylic acids is 1. The van der Waals surface area contributed by atoms with Crippen molar-refractivity contribution >= 4 is 22.5 Å². The third kappa shape index (κ3) is 11.2. The molecule has 1 aliphatic rings. The van der Waals surface area contributed by atoms with Crippen LogP contribution >= 0.6 is 0 Å². The quantitative estimate of drug-likeness (QED) is 0.288. The van der Waals surface area contributed by atoms with Crippen LogP contribution in [0.15, 0.2) is 71.7 Å². The topological polar surface area (TPSA) is 120 Å². The lowest BCUT2D eigenvalue weighted by atomic mass is 10.1. The van der Waals surface area contributed by atoms with Crippen LogP contribution in [0.4, 0.5) is 5.69 Å².